The number of hydrogen-bond donors (Lipinski definition) is 1. The molecule has 3 aromatic rings. The third-order valence-corrected chi connectivity index (χ3v) is 4.61. The van der Waals surface area contributed by atoms with Crippen molar-refractivity contribution in [3.05, 3.63) is 96.1 Å². The number of rotatable bonds is 5. The maximum atomic E-state index is 6.44. The molecular formula is C22H18N5O2+. The van der Waals surface area contributed by atoms with Crippen LogP contribution in [0, 0.1) is 0 Å². The highest BCUT2D eigenvalue weighted by molar-refractivity contribution is 6.32. The lowest BCUT2D eigenvalue weighted by Crippen LogP contribution is -2.50. The summed E-state index contributed by atoms with van der Waals surface area (Å²) in [6.07, 6.45) is 4.96. The molecule has 0 radical (unpaired) electrons. The van der Waals surface area contributed by atoms with E-state index >= 15 is 0 Å². The molecule has 2 aliphatic heterocycles. The average Bonchev–Trinajstić information content (AvgIpc) is 3.40. The lowest BCUT2D eigenvalue weighted by atomic mass is 10.1. The van der Waals surface area contributed by atoms with Crippen LogP contribution in [0.25, 0.3) is 5.70 Å². The number of nitrogens with zero attached hydrogens (tertiary/aromatic N) is 4. The van der Waals surface area contributed by atoms with E-state index in [1.807, 2.05) is 54.6 Å². The van der Waals surface area contributed by atoms with Crippen LogP contribution in [0.15, 0.2) is 98.7 Å². The summed E-state index contributed by atoms with van der Waals surface area (Å²) in [5, 5.41) is 4.49. The zero-order chi connectivity index (χ0) is 19.7. The van der Waals surface area contributed by atoms with Gasteiger partial charge in [-0.15, -0.1) is 5.84 Å². The van der Waals surface area contributed by atoms with E-state index in [1.165, 1.54) is 0 Å². The van der Waals surface area contributed by atoms with E-state index in [4.69, 9.17) is 15.0 Å². The Kier molecular flexibility index (Phi) is 4.16. The number of aliphatic imine (C=N–C) groups is 2. The van der Waals surface area contributed by atoms with Crippen LogP contribution in [-0.2, 0) is 6.61 Å². The van der Waals surface area contributed by atoms with Crippen LogP contribution in [0.5, 0.6) is 5.75 Å². The van der Waals surface area contributed by atoms with Gasteiger partial charge in [0, 0.05) is 5.56 Å². The molecule has 2 aromatic carbocycles. The number of ether oxygens (including phenoxy) is 1. The molecule has 1 unspecified atom stereocenters. The highest BCUT2D eigenvalue weighted by atomic mass is 16.5. The summed E-state index contributed by atoms with van der Waals surface area (Å²) in [5.74, 6) is 8.73. The summed E-state index contributed by atoms with van der Waals surface area (Å²) in [7, 11) is 0. The van der Waals surface area contributed by atoms with Crippen molar-refractivity contribution in [3.63, 3.8) is 0 Å². The minimum absolute atomic E-state index is 0.302. The number of quaternary nitrogens is 1. The fourth-order valence-electron chi connectivity index (χ4n) is 3.13. The monoisotopic (exact) mass is 384 g/mol. The lowest BCUT2D eigenvalue weighted by molar-refractivity contribution is -0.802. The first-order valence-corrected chi connectivity index (χ1v) is 9.14. The second-order valence-corrected chi connectivity index (χ2v) is 6.68. The zero-order valence-electron chi connectivity index (χ0n) is 15.5. The van der Waals surface area contributed by atoms with Crippen LogP contribution in [0.2, 0.25) is 0 Å². The summed E-state index contributed by atoms with van der Waals surface area (Å²) < 4.78 is 11.0. The molecule has 2 aliphatic rings. The molecule has 2 N–H and O–H groups in total. The summed E-state index contributed by atoms with van der Waals surface area (Å²) in [6, 6.07) is 21.4. The molecule has 142 valence electrons. The van der Waals surface area contributed by atoms with Gasteiger partial charge >= 0.3 is 0 Å². The molecular weight excluding hydrogens is 366 g/mol. The molecule has 29 heavy (non-hydrogen) atoms. The van der Waals surface area contributed by atoms with Crippen molar-refractivity contribution in [2.45, 2.75) is 6.61 Å². The van der Waals surface area contributed by atoms with E-state index in [9.17, 15) is 0 Å². The van der Waals surface area contributed by atoms with E-state index in [0.717, 1.165) is 16.9 Å². The van der Waals surface area contributed by atoms with Crippen LogP contribution >= 0.6 is 0 Å². The van der Waals surface area contributed by atoms with Gasteiger partial charge in [-0.25, -0.2) is 4.99 Å². The minimum atomic E-state index is -0.302. The van der Waals surface area contributed by atoms with Gasteiger partial charge in [0.25, 0.3) is 11.7 Å². The molecule has 0 aliphatic carbocycles. The predicted octanol–water partition coefficient (Wildman–Crippen LogP) is 3.71. The fourth-order valence-corrected chi connectivity index (χ4v) is 3.13. The Balaban J connectivity index is 1.39. The number of furan rings is 1. The van der Waals surface area contributed by atoms with Gasteiger partial charge in [-0.05, 0) is 39.6 Å². The standard InChI is InChI=1S/C22H18N5O2/c23-27-14-19(24-13-21(27)25-22(26-27)20-10-5-11-28-20)17-8-4-9-18(12-17)29-15-16-6-2-1-3-7-16/h1-14H,15,23H2/q+1. The second-order valence-electron chi connectivity index (χ2n) is 6.68. The Bertz CT molecular complexity index is 1160. The molecule has 0 fully saturated rings. The summed E-state index contributed by atoms with van der Waals surface area (Å²) in [6.45, 7) is 0.497. The number of fused-ring (bicyclic) bond motifs is 1. The number of nitrogens with two attached hydrogens (primary N) is 1. The normalized spacial score (nSPS) is 20.0. The molecule has 1 aromatic heterocycles. The van der Waals surface area contributed by atoms with E-state index in [2.05, 4.69) is 15.1 Å². The molecule has 1 atom stereocenters. The second kappa shape index (κ2) is 6.97. The first-order chi connectivity index (χ1) is 14.2. The summed E-state index contributed by atoms with van der Waals surface area (Å²) >= 11 is 0. The topological polar surface area (TPSA) is 85.5 Å². The first kappa shape index (κ1) is 17.3. The van der Waals surface area contributed by atoms with Crippen molar-refractivity contribution in [1.82, 2.24) is 0 Å². The highest BCUT2D eigenvalue weighted by Gasteiger charge is 2.40. The first-order valence-electron chi connectivity index (χ1n) is 9.14. The smallest absolute Gasteiger partial charge is 0.300 e. The van der Waals surface area contributed by atoms with Gasteiger partial charge in [-0.2, -0.15) is 4.99 Å². The SMILES string of the molecule is N[N+]12C=C(c3cccc(OCc4ccccc4)c3)N=CC1=NC(c1ccco1)=N2. The van der Waals surface area contributed by atoms with Crippen molar-refractivity contribution in [2.75, 3.05) is 0 Å². The van der Waals surface area contributed by atoms with Crippen molar-refractivity contribution < 1.29 is 13.9 Å². The minimum Gasteiger partial charge on any atom is -0.489 e. The van der Waals surface area contributed by atoms with E-state index in [-0.39, 0.29) is 4.70 Å². The number of benzene rings is 2. The van der Waals surface area contributed by atoms with Gasteiger partial charge in [0.2, 0.25) is 0 Å². The van der Waals surface area contributed by atoms with Gasteiger partial charge in [0.15, 0.2) is 12.0 Å². The van der Waals surface area contributed by atoms with Crippen LogP contribution in [0.3, 0.4) is 0 Å². The molecule has 3 heterocycles. The van der Waals surface area contributed by atoms with Crippen LogP contribution in [0.4, 0.5) is 0 Å². The molecule has 0 amide bonds. The Morgan fingerprint density at radius 2 is 1.90 bits per heavy atom. The van der Waals surface area contributed by atoms with Crippen molar-refractivity contribution in [1.29, 1.82) is 0 Å². The number of hydrogen-bond acceptors (Lipinski definition) is 6. The van der Waals surface area contributed by atoms with Crippen LogP contribution < -0.4 is 10.6 Å². The summed E-state index contributed by atoms with van der Waals surface area (Å²) in [4.78, 5) is 8.95. The molecule has 7 heteroatoms. The molecule has 0 spiro atoms. The molecule has 7 nitrogen and oxygen atoms in total. The third kappa shape index (κ3) is 3.40. The lowest BCUT2D eigenvalue weighted by Gasteiger charge is -2.20. The van der Waals surface area contributed by atoms with Crippen molar-refractivity contribution >= 4 is 23.6 Å². The maximum Gasteiger partial charge on any atom is 0.300 e. The third-order valence-electron chi connectivity index (χ3n) is 4.61. The summed E-state index contributed by atoms with van der Waals surface area (Å²) in [5.41, 5.74) is 2.69. The van der Waals surface area contributed by atoms with Crippen molar-refractivity contribution in [2.24, 2.45) is 20.9 Å². The van der Waals surface area contributed by atoms with E-state index in [0.29, 0.717) is 29.7 Å². The van der Waals surface area contributed by atoms with E-state index < -0.39 is 0 Å². The zero-order valence-corrected chi connectivity index (χ0v) is 15.5. The molecule has 5 rings (SSSR count). The van der Waals surface area contributed by atoms with Crippen LogP contribution in [0.1, 0.15) is 16.9 Å². The predicted molar refractivity (Wildman–Crippen MR) is 111 cm³/mol. The molecule has 0 bridgehead atoms. The number of amidine groups is 2. The Hall–Kier alpha value is -3.81. The maximum absolute atomic E-state index is 6.44. The largest absolute Gasteiger partial charge is 0.489 e. The Morgan fingerprint density at radius 1 is 1.00 bits per heavy atom. The highest BCUT2D eigenvalue weighted by Crippen LogP contribution is 2.28. The van der Waals surface area contributed by atoms with E-state index in [1.54, 1.807) is 30.8 Å². The van der Waals surface area contributed by atoms with Gasteiger partial charge < -0.3 is 9.15 Å². The van der Waals surface area contributed by atoms with Gasteiger partial charge in [0.05, 0.1) is 6.26 Å². The van der Waals surface area contributed by atoms with Gasteiger partial charge in [0.1, 0.15) is 24.3 Å². The Labute approximate surface area is 167 Å². The molecule has 0 saturated carbocycles. The Morgan fingerprint density at radius 3 is 2.72 bits per heavy atom. The molecule has 0 saturated heterocycles. The van der Waals surface area contributed by atoms with Crippen LogP contribution in [-0.4, -0.2) is 22.6 Å². The average molecular weight is 384 g/mol. The fraction of sp³-hybridized carbons (Fsp3) is 0.0455. The van der Waals surface area contributed by atoms with Gasteiger partial charge in [-0.3, -0.25) is 0 Å². The quantitative estimate of drug-likeness (QED) is 0.537. The van der Waals surface area contributed by atoms with Gasteiger partial charge in [-0.1, -0.05) is 42.5 Å². The van der Waals surface area contributed by atoms with Crippen molar-refractivity contribution in [3.8, 4) is 5.75 Å².